The molecule has 4 rings (SSSR count). The maximum atomic E-state index is 13.0. The van der Waals surface area contributed by atoms with Gasteiger partial charge in [-0.3, -0.25) is 0 Å². The Balaban J connectivity index is 1.67. The standard InChI is InChI=1S/C13H14FNO3S/c14-9-3-1-8(2-4-9)10-6-13-7-15-19(16,17)12(13)5-11(10)18-13/h1-4,10-12,15H,5-7H2/t10?,11?,12?,13-/m1/s1. The van der Waals surface area contributed by atoms with Crippen molar-refractivity contribution < 1.29 is 17.5 Å². The third kappa shape index (κ3) is 1.53. The second-order valence-corrected chi connectivity index (χ2v) is 7.62. The number of halogens is 1. The Morgan fingerprint density at radius 2 is 2.05 bits per heavy atom. The molecule has 3 aliphatic heterocycles. The van der Waals surface area contributed by atoms with Gasteiger partial charge in [-0.1, -0.05) is 12.1 Å². The Morgan fingerprint density at radius 1 is 1.32 bits per heavy atom. The first-order chi connectivity index (χ1) is 9.00. The molecule has 19 heavy (non-hydrogen) atoms. The topological polar surface area (TPSA) is 55.4 Å². The lowest BCUT2D eigenvalue weighted by atomic mass is 9.78. The summed E-state index contributed by atoms with van der Waals surface area (Å²) in [6, 6.07) is 6.43. The van der Waals surface area contributed by atoms with Gasteiger partial charge in [-0.15, -0.1) is 0 Å². The van der Waals surface area contributed by atoms with Crippen LogP contribution in [0.1, 0.15) is 24.3 Å². The highest BCUT2D eigenvalue weighted by molar-refractivity contribution is 7.90. The molecule has 3 heterocycles. The molecule has 0 saturated carbocycles. The smallest absolute Gasteiger partial charge is 0.217 e. The first-order valence-electron chi connectivity index (χ1n) is 6.42. The molecule has 1 aromatic carbocycles. The molecule has 2 bridgehead atoms. The summed E-state index contributed by atoms with van der Waals surface area (Å²) >= 11 is 0. The van der Waals surface area contributed by atoms with Crippen LogP contribution in [0, 0.1) is 5.82 Å². The Labute approximate surface area is 111 Å². The van der Waals surface area contributed by atoms with E-state index in [2.05, 4.69) is 4.72 Å². The Kier molecular flexibility index (Phi) is 2.21. The van der Waals surface area contributed by atoms with Crippen molar-refractivity contribution in [3.8, 4) is 0 Å². The lowest BCUT2D eigenvalue weighted by Gasteiger charge is -2.26. The van der Waals surface area contributed by atoms with E-state index in [9.17, 15) is 12.8 Å². The SMILES string of the molecule is O=S1(=O)NC[C@]23CC(c4ccc(F)cc4)C(CC21)O3. The van der Waals surface area contributed by atoms with Gasteiger partial charge in [0, 0.05) is 12.5 Å². The predicted molar refractivity (Wildman–Crippen MR) is 66.7 cm³/mol. The van der Waals surface area contributed by atoms with E-state index in [0.717, 1.165) is 5.56 Å². The summed E-state index contributed by atoms with van der Waals surface area (Å²) in [6.07, 6.45) is 1.17. The lowest BCUT2D eigenvalue weighted by Crippen LogP contribution is -2.39. The summed E-state index contributed by atoms with van der Waals surface area (Å²) in [5, 5.41) is -0.415. The van der Waals surface area contributed by atoms with Crippen LogP contribution in [-0.2, 0) is 14.8 Å². The van der Waals surface area contributed by atoms with E-state index < -0.39 is 20.9 Å². The molecule has 1 N–H and O–H groups in total. The summed E-state index contributed by atoms with van der Waals surface area (Å²) in [7, 11) is -3.21. The summed E-state index contributed by atoms with van der Waals surface area (Å²) in [5.41, 5.74) is 0.466. The second kappa shape index (κ2) is 3.56. The van der Waals surface area contributed by atoms with Crippen molar-refractivity contribution in [2.24, 2.45) is 0 Å². The fourth-order valence-electron chi connectivity index (χ4n) is 3.78. The third-order valence-corrected chi connectivity index (χ3v) is 6.60. The number of hydrogen-bond acceptors (Lipinski definition) is 3. The summed E-state index contributed by atoms with van der Waals surface area (Å²) in [4.78, 5) is 0. The molecule has 3 saturated heterocycles. The van der Waals surface area contributed by atoms with Crippen molar-refractivity contribution in [1.82, 2.24) is 4.72 Å². The molecule has 1 aromatic rings. The average Bonchev–Trinajstić information content (AvgIpc) is 3.00. The van der Waals surface area contributed by atoms with Crippen molar-refractivity contribution in [1.29, 1.82) is 0 Å². The predicted octanol–water partition coefficient (Wildman–Crippen LogP) is 1.14. The molecule has 3 unspecified atom stereocenters. The molecule has 1 spiro atoms. The molecule has 3 aliphatic rings. The number of benzene rings is 1. The molecular formula is C13H14FNO3S. The van der Waals surface area contributed by atoms with E-state index in [-0.39, 0.29) is 17.8 Å². The van der Waals surface area contributed by atoms with Crippen LogP contribution < -0.4 is 4.72 Å². The Bertz CT molecular complexity index is 630. The van der Waals surface area contributed by atoms with Crippen LogP contribution in [0.4, 0.5) is 4.39 Å². The van der Waals surface area contributed by atoms with E-state index in [0.29, 0.717) is 19.4 Å². The molecule has 102 valence electrons. The van der Waals surface area contributed by atoms with Gasteiger partial charge in [-0.05, 0) is 30.5 Å². The molecule has 6 heteroatoms. The van der Waals surface area contributed by atoms with Crippen molar-refractivity contribution in [2.75, 3.05) is 6.54 Å². The Morgan fingerprint density at radius 3 is 2.79 bits per heavy atom. The normalized spacial score (nSPS) is 42.5. The second-order valence-electron chi connectivity index (χ2n) is 5.67. The van der Waals surface area contributed by atoms with E-state index in [4.69, 9.17) is 4.74 Å². The minimum absolute atomic E-state index is 0.0627. The van der Waals surface area contributed by atoms with Gasteiger partial charge in [0.2, 0.25) is 10.0 Å². The first kappa shape index (κ1) is 11.8. The zero-order valence-corrected chi connectivity index (χ0v) is 11.0. The molecule has 0 radical (unpaired) electrons. The highest BCUT2D eigenvalue weighted by Gasteiger charge is 2.65. The number of hydrogen-bond donors (Lipinski definition) is 1. The van der Waals surface area contributed by atoms with Crippen LogP contribution in [-0.4, -0.2) is 31.9 Å². The molecule has 4 nitrogen and oxygen atoms in total. The Hall–Kier alpha value is -0.980. The van der Waals surface area contributed by atoms with Crippen LogP contribution in [0.3, 0.4) is 0 Å². The fraction of sp³-hybridized carbons (Fsp3) is 0.538. The quantitative estimate of drug-likeness (QED) is 0.841. The largest absolute Gasteiger partial charge is 0.368 e. The molecule has 4 atom stereocenters. The maximum Gasteiger partial charge on any atom is 0.217 e. The van der Waals surface area contributed by atoms with Crippen LogP contribution >= 0.6 is 0 Å². The number of nitrogens with one attached hydrogen (secondary N) is 1. The highest BCUT2D eigenvalue weighted by atomic mass is 32.2. The van der Waals surface area contributed by atoms with Crippen LogP contribution in [0.25, 0.3) is 0 Å². The van der Waals surface area contributed by atoms with Gasteiger partial charge in [-0.25, -0.2) is 17.5 Å². The average molecular weight is 283 g/mol. The zero-order chi connectivity index (χ0) is 13.3. The van der Waals surface area contributed by atoms with Gasteiger partial charge in [0.25, 0.3) is 0 Å². The molecule has 0 amide bonds. The maximum absolute atomic E-state index is 13.0. The third-order valence-electron chi connectivity index (χ3n) is 4.68. The van der Waals surface area contributed by atoms with Crippen molar-refractivity contribution in [2.45, 2.75) is 35.7 Å². The van der Waals surface area contributed by atoms with E-state index in [1.165, 1.54) is 12.1 Å². The number of fused-ring (bicyclic) bond motifs is 1. The van der Waals surface area contributed by atoms with Gasteiger partial charge in [0.05, 0.1) is 6.10 Å². The molecular weight excluding hydrogens is 269 g/mol. The van der Waals surface area contributed by atoms with Crippen molar-refractivity contribution in [3.63, 3.8) is 0 Å². The first-order valence-corrected chi connectivity index (χ1v) is 7.97. The number of sulfonamides is 1. The van der Waals surface area contributed by atoms with Gasteiger partial charge < -0.3 is 4.74 Å². The highest BCUT2D eigenvalue weighted by Crippen LogP contribution is 2.55. The number of ether oxygens (including phenoxy) is 1. The van der Waals surface area contributed by atoms with Gasteiger partial charge in [-0.2, -0.15) is 0 Å². The van der Waals surface area contributed by atoms with Crippen LogP contribution in [0.15, 0.2) is 24.3 Å². The summed E-state index contributed by atoms with van der Waals surface area (Å²) < 4.78 is 45.3. The molecule has 0 aromatic heterocycles. The van der Waals surface area contributed by atoms with E-state index in [1.54, 1.807) is 12.1 Å². The zero-order valence-electron chi connectivity index (χ0n) is 10.2. The van der Waals surface area contributed by atoms with Gasteiger partial charge >= 0.3 is 0 Å². The monoisotopic (exact) mass is 283 g/mol. The van der Waals surface area contributed by atoms with E-state index >= 15 is 0 Å². The summed E-state index contributed by atoms with van der Waals surface area (Å²) in [6.45, 7) is 0.369. The van der Waals surface area contributed by atoms with Crippen molar-refractivity contribution >= 4 is 10.0 Å². The van der Waals surface area contributed by atoms with Crippen LogP contribution in [0.2, 0.25) is 0 Å². The van der Waals surface area contributed by atoms with Gasteiger partial charge in [0.15, 0.2) is 0 Å². The minimum Gasteiger partial charge on any atom is -0.368 e. The molecule has 3 fully saturated rings. The molecule has 0 aliphatic carbocycles. The van der Waals surface area contributed by atoms with Gasteiger partial charge in [0.1, 0.15) is 16.7 Å². The van der Waals surface area contributed by atoms with Crippen LogP contribution in [0.5, 0.6) is 0 Å². The van der Waals surface area contributed by atoms with E-state index in [1.807, 2.05) is 0 Å². The minimum atomic E-state index is -3.21. The van der Waals surface area contributed by atoms with Crippen molar-refractivity contribution in [3.05, 3.63) is 35.6 Å². The number of rotatable bonds is 1. The summed E-state index contributed by atoms with van der Waals surface area (Å²) in [5.74, 6) is -0.0825. The lowest BCUT2D eigenvalue weighted by molar-refractivity contribution is 0.0233. The fourth-order valence-corrected chi connectivity index (χ4v) is 5.67.